The minimum absolute atomic E-state index is 0.0430. The fraction of sp³-hybridized carbons (Fsp3) is 0.520. The monoisotopic (exact) mass is 486 g/mol. The van der Waals surface area contributed by atoms with Gasteiger partial charge in [0.05, 0.1) is 13.2 Å². The molecule has 0 bridgehead atoms. The van der Waals surface area contributed by atoms with Gasteiger partial charge >= 0.3 is 5.97 Å². The molecular weight excluding hydrogens is 456 g/mol. The molecule has 1 aromatic heterocycles. The van der Waals surface area contributed by atoms with Crippen LogP contribution >= 0.6 is 11.6 Å². The van der Waals surface area contributed by atoms with E-state index in [1.807, 2.05) is 6.92 Å². The minimum Gasteiger partial charge on any atom is -0.461 e. The average molecular weight is 487 g/mol. The van der Waals surface area contributed by atoms with Gasteiger partial charge in [0.1, 0.15) is 11.2 Å². The van der Waals surface area contributed by atoms with E-state index in [-0.39, 0.29) is 36.5 Å². The van der Waals surface area contributed by atoms with Crippen LogP contribution in [0.25, 0.3) is 0 Å². The fourth-order valence-corrected chi connectivity index (χ4v) is 5.04. The van der Waals surface area contributed by atoms with Gasteiger partial charge in [-0.1, -0.05) is 43.4 Å². The van der Waals surface area contributed by atoms with Crippen molar-refractivity contribution in [3.05, 3.63) is 46.2 Å². The smallest absolute Gasteiger partial charge is 0.358 e. The van der Waals surface area contributed by atoms with Gasteiger partial charge in [0.15, 0.2) is 5.69 Å². The molecule has 1 aromatic carbocycles. The summed E-state index contributed by atoms with van der Waals surface area (Å²) in [5, 5.41) is 8.02. The van der Waals surface area contributed by atoms with Crippen LogP contribution in [0.2, 0.25) is 5.02 Å². The molecule has 1 N–H and O–H groups in total. The number of nitrogens with one attached hydrogen (secondary N) is 1. The average Bonchev–Trinajstić information content (AvgIpc) is 3.06. The summed E-state index contributed by atoms with van der Waals surface area (Å²) in [6, 6.07) is 6.79. The summed E-state index contributed by atoms with van der Waals surface area (Å²) in [6.07, 6.45) is 6.33. The topological polar surface area (TPSA) is 93.5 Å². The summed E-state index contributed by atoms with van der Waals surface area (Å²) in [7, 11) is 0. The van der Waals surface area contributed by atoms with E-state index < -0.39 is 17.4 Å². The summed E-state index contributed by atoms with van der Waals surface area (Å²) < 4.78 is 6.50. The van der Waals surface area contributed by atoms with Crippen molar-refractivity contribution >= 4 is 35.1 Å². The number of fused-ring (bicyclic) bond motifs is 1. The number of ether oxygens (including phenoxy) is 1. The second-order valence-corrected chi connectivity index (χ2v) is 9.66. The first kappa shape index (κ1) is 24.3. The molecule has 0 unspecified atom stereocenters. The van der Waals surface area contributed by atoms with Crippen LogP contribution in [0.4, 0.5) is 5.69 Å². The van der Waals surface area contributed by atoms with Gasteiger partial charge in [-0.15, -0.1) is 0 Å². The van der Waals surface area contributed by atoms with E-state index in [0.29, 0.717) is 16.3 Å². The van der Waals surface area contributed by atoms with Gasteiger partial charge in [0.25, 0.3) is 5.91 Å². The van der Waals surface area contributed by atoms with E-state index in [0.717, 1.165) is 25.7 Å². The van der Waals surface area contributed by atoms with Gasteiger partial charge in [-0.25, -0.2) is 4.79 Å². The van der Waals surface area contributed by atoms with E-state index >= 15 is 0 Å². The number of hydrogen-bond acceptors (Lipinski definition) is 5. The van der Waals surface area contributed by atoms with Crippen LogP contribution in [0.15, 0.2) is 24.3 Å². The summed E-state index contributed by atoms with van der Waals surface area (Å²) in [6.45, 7) is 5.57. The Morgan fingerprint density at radius 3 is 2.62 bits per heavy atom. The van der Waals surface area contributed by atoms with Crippen molar-refractivity contribution in [2.75, 3.05) is 11.5 Å². The molecule has 4 rings (SSSR count). The Bertz CT molecular complexity index is 1110. The lowest BCUT2D eigenvalue weighted by atomic mass is 9.92. The zero-order valence-electron chi connectivity index (χ0n) is 19.9. The third-order valence-corrected chi connectivity index (χ3v) is 7.21. The lowest BCUT2D eigenvalue weighted by Gasteiger charge is -2.44. The highest BCUT2D eigenvalue weighted by atomic mass is 35.5. The van der Waals surface area contributed by atoms with Crippen LogP contribution in [-0.2, 0) is 16.1 Å². The zero-order valence-corrected chi connectivity index (χ0v) is 20.7. The summed E-state index contributed by atoms with van der Waals surface area (Å²) in [4.78, 5) is 41.4. The van der Waals surface area contributed by atoms with Crippen molar-refractivity contribution in [3.8, 4) is 0 Å². The Hall–Kier alpha value is -2.87. The second-order valence-electron chi connectivity index (χ2n) is 9.25. The molecule has 1 atom stereocenters. The number of esters is 1. The van der Waals surface area contributed by atoms with Crippen molar-refractivity contribution in [3.63, 3.8) is 0 Å². The Kier molecular flexibility index (Phi) is 6.98. The molecule has 2 aliphatic rings. The third kappa shape index (κ3) is 4.43. The summed E-state index contributed by atoms with van der Waals surface area (Å²) >= 11 is 6.39. The lowest BCUT2D eigenvalue weighted by Crippen LogP contribution is -2.65. The quantitative estimate of drug-likeness (QED) is 0.503. The van der Waals surface area contributed by atoms with Crippen LogP contribution in [-0.4, -0.2) is 45.8 Å². The number of rotatable bonds is 5. The van der Waals surface area contributed by atoms with Crippen molar-refractivity contribution < 1.29 is 19.1 Å². The lowest BCUT2D eigenvalue weighted by molar-refractivity contribution is -0.127. The predicted octanol–water partition coefficient (Wildman–Crippen LogP) is 4.28. The minimum atomic E-state index is -1.27. The number of benzene rings is 1. The molecule has 2 aromatic rings. The van der Waals surface area contributed by atoms with Gasteiger partial charge < -0.3 is 10.1 Å². The number of anilines is 1. The number of nitrogens with zero attached hydrogens (tertiary/aromatic N) is 3. The van der Waals surface area contributed by atoms with Gasteiger partial charge in [0, 0.05) is 22.8 Å². The summed E-state index contributed by atoms with van der Waals surface area (Å²) in [5.41, 5.74) is 0.248. The van der Waals surface area contributed by atoms with E-state index in [9.17, 15) is 14.4 Å². The van der Waals surface area contributed by atoms with Crippen LogP contribution < -0.4 is 10.2 Å². The molecule has 0 spiro atoms. The Morgan fingerprint density at radius 2 is 1.94 bits per heavy atom. The van der Waals surface area contributed by atoms with Crippen molar-refractivity contribution in [1.29, 1.82) is 0 Å². The molecule has 1 fully saturated rings. The summed E-state index contributed by atoms with van der Waals surface area (Å²) in [5.74, 6) is -1.27. The highest BCUT2D eigenvalue weighted by Crippen LogP contribution is 2.37. The number of aromatic nitrogens is 2. The largest absolute Gasteiger partial charge is 0.461 e. The third-order valence-electron chi connectivity index (χ3n) is 6.80. The zero-order chi connectivity index (χ0) is 24.5. The molecule has 1 saturated carbocycles. The molecule has 9 heteroatoms. The Labute approximate surface area is 204 Å². The maximum Gasteiger partial charge on any atom is 0.358 e. The number of hydrogen-bond donors (Lipinski definition) is 1. The maximum absolute atomic E-state index is 13.8. The maximum atomic E-state index is 13.8. The van der Waals surface area contributed by atoms with Crippen molar-refractivity contribution in [1.82, 2.24) is 15.1 Å². The number of amides is 2. The molecule has 0 radical (unpaired) electrons. The fourth-order valence-electron chi connectivity index (χ4n) is 4.87. The SMILES string of the molecule is CCOC(=O)c1cc2n(n1)C[C@](C)(C(=O)NC1CCCCCC1)N(c1cccc(Cl)c1C)C2=O. The van der Waals surface area contributed by atoms with E-state index in [2.05, 4.69) is 10.4 Å². The molecule has 2 amide bonds. The van der Waals surface area contributed by atoms with Crippen LogP contribution in [0.3, 0.4) is 0 Å². The molecule has 8 nitrogen and oxygen atoms in total. The van der Waals surface area contributed by atoms with Crippen molar-refractivity contribution in [2.24, 2.45) is 0 Å². The Balaban J connectivity index is 1.77. The first-order chi connectivity index (χ1) is 16.3. The number of carbonyl (C=O) groups is 3. The molecule has 2 heterocycles. The molecular formula is C25H31ClN4O4. The number of halogens is 1. The Morgan fingerprint density at radius 1 is 1.24 bits per heavy atom. The van der Waals surface area contributed by atoms with E-state index in [1.165, 1.54) is 28.5 Å². The first-order valence-electron chi connectivity index (χ1n) is 11.9. The molecule has 1 aliphatic carbocycles. The van der Waals surface area contributed by atoms with Gasteiger partial charge in [-0.05, 0) is 51.3 Å². The van der Waals surface area contributed by atoms with Gasteiger partial charge in [0.2, 0.25) is 5.91 Å². The van der Waals surface area contributed by atoms with Crippen LogP contribution in [0, 0.1) is 6.92 Å². The second kappa shape index (κ2) is 9.78. The van der Waals surface area contributed by atoms with E-state index in [4.69, 9.17) is 16.3 Å². The van der Waals surface area contributed by atoms with Crippen LogP contribution in [0.5, 0.6) is 0 Å². The molecule has 1 aliphatic heterocycles. The standard InChI is InChI=1S/C25H31ClN4O4/c1-4-34-23(32)19-14-21-22(31)30(20-13-9-12-18(26)16(20)2)25(3,15-29(21)28-19)24(33)27-17-10-7-5-6-8-11-17/h9,12-14,17H,4-8,10-11,15H2,1-3H3,(H,27,33)/t25-/m1/s1. The van der Waals surface area contributed by atoms with Crippen molar-refractivity contribution in [2.45, 2.75) is 77.4 Å². The normalized spacial score (nSPS) is 21.1. The molecule has 182 valence electrons. The van der Waals surface area contributed by atoms with E-state index in [1.54, 1.807) is 32.0 Å². The molecule has 0 saturated heterocycles. The molecule has 34 heavy (non-hydrogen) atoms. The highest BCUT2D eigenvalue weighted by Gasteiger charge is 2.50. The first-order valence-corrected chi connectivity index (χ1v) is 12.3. The number of carbonyl (C=O) groups excluding carboxylic acids is 3. The predicted molar refractivity (Wildman–Crippen MR) is 129 cm³/mol. The highest BCUT2D eigenvalue weighted by molar-refractivity contribution is 6.32. The van der Waals surface area contributed by atoms with Gasteiger partial charge in [-0.2, -0.15) is 5.10 Å². The van der Waals surface area contributed by atoms with Gasteiger partial charge in [-0.3, -0.25) is 19.2 Å². The van der Waals surface area contributed by atoms with Crippen LogP contribution in [0.1, 0.15) is 78.9 Å².